The number of nitrogens with one attached hydrogen (secondary N) is 1. The number of hydrogen-bond donors (Lipinski definition) is 1. The van der Waals surface area contributed by atoms with Gasteiger partial charge in [-0.1, -0.05) is 41.9 Å². The maximum atomic E-state index is 13.5. The highest BCUT2D eigenvalue weighted by Crippen LogP contribution is 2.21. The molecule has 33 heavy (non-hydrogen) atoms. The number of benzene rings is 2. The summed E-state index contributed by atoms with van der Waals surface area (Å²) in [6, 6.07) is 14.4. The molecule has 2 aromatic carbocycles. The molecule has 2 rings (SSSR count). The highest BCUT2D eigenvalue weighted by atomic mass is 35.5. The number of anilines is 1. The Hall–Kier alpha value is -2.62. The molecule has 8 nitrogen and oxygen atoms in total. The van der Waals surface area contributed by atoms with Crippen molar-refractivity contribution in [3.8, 4) is 0 Å². The molecule has 0 fully saturated rings. The predicted molar refractivity (Wildman–Crippen MR) is 131 cm³/mol. The van der Waals surface area contributed by atoms with Gasteiger partial charge in [0.05, 0.1) is 5.69 Å². The van der Waals surface area contributed by atoms with Crippen LogP contribution in [0.1, 0.15) is 26.3 Å². The summed E-state index contributed by atoms with van der Waals surface area (Å²) in [4.78, 5) is 27.6. The summed E-state index contributed by atoms with van der Waals surface area (Å²) < 4.78 is 28.1. The van der Waals surface area contributed by atoms with Crippen molar-refractivity contribution >= 4 is 39.3 Å². The average molecular weight is 495 g/mol. The van der Waals surface area contributed by atoms with Gasteiger partial charge in [-0.05, 0) is 50.6 Å². The number of amides is 2. The van der Waals surface area contributed by atoms with Crippen molar-refractivity contribution in [2.24, 2.45) is 0 Å². The van der Waals surface area contributed by atoms with Crippen LogP contribution in [0.2, 0.25) is 5.02 Å². The summed E-state index contributed by atoms with van der Waals surface area (Å²) in [5, 5.41) is 3.31. The smallest absolute Gasteiger partial charge is 0.304 e. The Morgan fingerprint density at radius 3 is 2.18 bits per heavy atom. The number of carbonyl (C=O) groups is 2. The van der Waals surface area contributed by atoms with Crippen LogP contribution in [-0.2, 0) is 26.3 Å². The molecular formula is C23H31ClN4O4S. The van der Waals surface area contributed by atoms with Gasteiger partial charge in [-0.3, -0.25) is 9.59 Å². The Kier molecular flexibility index (Phi) is 9.27. The normalized spacial score (nSPS) is 12.5. The first-order valence-corrected chi connectivity index (χ1v) is 12.3. The van der Waals surface area contributed by atoms with Crippen LogP contribution >= 0.6 is 11.6 Å². The van der Waals surface area contributed by atoms with E-state index in [1.807, 2.05) is 13.8 Å². The van der Waals surface area contributed by atoms with Crippen LogP contribution in [0, 0.1) is 0 Å². The third kappa shape index (κ3) is 7.18. The summed E-state index contributed by atoms with van der Waals surface area (Å²) in [5.41, 5.74) is 1.07. The van der Waals surface area contributed by atoms with Crippen molar-refractivity contribution < 1.29 is 18.0 Å². The zero-order valence-corrected chi connectivity index (χ0v) is 21.1. The van der Waals surface area contributed by atoms with E-state index in [1.54, 1.807) is 61.5 Å². The van der Waals surface area contributed by atoms with Crippen LogP contribution in [0.15, 0.2) is 54.6 Å². The van der Waals surface area contributed by atoms with Gasteiger partial charge in [0.15, 0.2) is 0 Å². The lowest BCUT2D eigenvalue weighted by Crippen LogP contribution is -2.53. The fourth-order valence-electron chi connectivity index (χ4n) is 3.13. The highest BCUT2D eigenvalue weighted by Gasteiger charge is 2.32. The van der Waals surface area contributed by atoms with Crippen molar-refractivity contribution in [3.63, 3.8) is 0 Å². The van der Waals surface area contributed by atoms with E-state index in [0.717, 1.165) is 14.2 Å². The first kappa shape index (κ1) is 26.6. The molecule has 1 N–H and O–H groups in total. The van der Waals surface area contributed by atoms with Gasteiger partial charge in [-0.25, -0.2) is 4.31 Å². The van der Waals surface area contributed by atoms with Crippen LogP contribution in [0.3, 0.4) is 0 Å². The molecule has 0 aromatic heterocycles. The Morgan fingerprint density at radius 2 is 1.64 bits per heavy atom. The maximum absolute atomic E-state index is 13.5. The third-order valence-corrected chi connectivity index (χ3v) is 6.96. The van der Waals surface area contributed by atoms with E-state index in [9.17, 15) is 18.0 Å². The molecule has 0 saturated heterocycles. The minimum atomic E-state index is -3.97. The first-order valence-electron chi connectivity index (χ1n) is 10.5. The van der Waals surface area contributed by atoms with Gasteiger partial charge in [-0.2, -0.15) is 12.7 Å². The molecule has 0 spiro atoms. The molecule has 10 heteroatoms. The van der Waals surface area contributed by atoms with Crippen molar-refractivity contribution in [2.45, 2.75) is 39.4 Å². The van der Waals surface area contributed by atoms with E-state index in [-0.39, 0.29) is 18.5 Å². The number of nitrogens with zero attached hydrogens (tertiary/aromatic N) is 3. The van der Waals surface area contributed by atoms with Gasteiger partial charge < -0.3 is 10.2 Å². The van der Waals surface area contributed by atoms with Gasteiger partial charge in [-0.15, -0.1) is 0 Å². The maximum Gasteiger partial charge on any atom is 0.304 e. The van der Waals surface area contributed by atoms with Crippen molar-refractivity contribution in [1.29, 1.82) is 0 Å². The number of hydrogen-bond acceptors (Lipinski definition) is 4. The number of halogens is 1. The summed E-state index contributed by atoms with van der Waals surface area (Å²) in [7, 11) is -1.17. The molecular weight excluding hydrogens is 464 g/mol. The minimum Gasteiger partial charge on any atom is -0.352 e. The Balaban J connectivity index is 2.43. The van der Waals surface area contributed by atoms with Crippen LogP contribution in [0.25, 0.3) is 0 Å². The molecule has 0 heterocycles. The predicted octanol–water partition coefficient (Wildman–Crippen LogP) is 2.89. The summed E-state index contributed by atoms with van der Waals surface area (Å²) in [6.45, 7) is 4.90. The Bertz CT molecular complexity index is 1060. The van der Waals surface area contributed by atoms with E-state index in [0.29, 0.717) is 10.7 Å². The quantitative estimate of drug-likeness (QED) is 0.550. The van der Waals surface area contributed by atoms with Gasteiger partial charge >= 0.3 is 10.2 Å². The molecule has 0 aliphatic carbocycles. The Labute approximate surface area is 201 Å². The van der Waals surface area contributed by atoms with E-state index in [1.165, 1.54) is 19.0 Å². The summed E-state index contributed by atoms with van der Waals surface area (Å²) in [5.74, 6) is -0.849. The molecule has 2 aromatic rings. The van der Waals surface area contributed by atoms with Crippen molar-refractivity contribution in [3.05, 3.63) is 65.2 Å². The first-order chi connectivity index (χ1) is 15.4. The van der Waals surface area contributed by atoms with Gasteiger partial charge in [0.2, 0.25) is 11.8 Å². The average Bonchev–Trinajstić information content (AvgIpc) is 2.75. The van der Waals surface area contributed by atoms with Gasteiger partial charge in [0.1, 0.15) is 12.6 Å². The van der Waals surface area contributed by atoms with E-state index >= 15 is 0 Å². The second-order valence-corrected chi connectivity index (χ2v) is 10.6. The van der Waals surface area contributed by atoms with Crippen LogP contribution in [0.4, 0.5) is 5.69 Å². The van der Waals surface area contributed by atoms with E-state index in [4.69, 9.17) is 11.6 Å². The molecule has 0 radical (unpaired) electrons. The summed E-state index contributed by atoms with van der Waals surface area (Å²) >= 11 is 6.10. The van der Waals surface area contributed by atoms with Gasteiger partial charge in [0, 0.05) is 31.7 Å². The minimum absolute atomic E-state index is 0.0940. The fourth-order valence-corrected chi connectivity index (χ4v) is 4.40. The molecule has 0 saturated carbocycles. The number of rotatable bonds is 10. The number of para-hydroxylation sites is 1. The zero-order valence-electron chi connectivity index (χ0n) is 19.5. The molecule has 1 atom stereocenters. The summed E-state index contributed by atoms with van der Waals surface area (Å²) in [6.07, 6.45) is 0. The van der Waals surface area contributed by atoms with Crippen LogP contribution < -0.4 is 9.62 Å². The fraction of sp³-hybridized carbons (Fsp3) is 0.391. The molecule has 0 aliphatic heterocycles. The molecule has 0 aliphatic rings. The molecule has 0 unspecified atom stereocenters. The van der Waals surface area contributed by atoms with Gasteiger partial charge in [0.25, 0.3) is 0 Å². The lowest BCUT2D eigenvalue weighted by molar-refractivity contribution is -0.139. The zero-order chi connectivity index (χ0) is 24.8. The van der Waals surface area contributed by atoms with E-state index in [2.05, 4.69) is 5.32 Å². The SMILES string of the molecule is CC(C)NC(=O)[C@H](C)N(Cc1cccc(Cl)c1)C(=O)CN(c1ccccc1)S(=O)(=O)N(C)C. The van der Waals surface area contributed by atoms with Crippen molar-refractivity contribution in [2.75, 3.05) is 24.9 Å². The van der Waals surface area contributed by atoms with Crippen molar-refractivity contribution in [1.82, 2.24) is 14.5 Å². The molecule has 2 amide bonds. The highest BCUT2D eigenvalue weighted by molar-refractivity contribution is 7.90. The largest absolute Gasteiger partial charge is 0.352 e. The van der Waals surface area contributed by atoms with Crippen LogP contribution in [-0.4, -0.2) is 62.2 Å². The lowest BCUT2D eigenvalue weighted by Gasteiger charge is -2.33. The second kappa shape index (κ2) is 11.5. The monoisotopic (exact) mass is 494 g/mol. The Morgan fingerprint density at radius 1 is 1.00 bits per heavy atom. The van der Waals surface area contributed by atoms with E-state index < -0.39 is 28.7 Å². The molecule has 0 bridgehead atoms. The second-order valence-electron chi connectivity index (χ2n) is 8.12. The number of carbonyl (C=O) groups excluding carboxylic acids is 2. The van der Waals surface area contributed by atoms with Crippen LogP contribution in [0.5, 0.6) is 0 Å². The third-order valence-electron chi connectivity index (χ3n) is 4.90. The topological polar surface area (TPSA) is 90.0 Å². The standard InChI is InChI=1S/C23H31ClN4O4S/c1-17(2)25-23(30)18(3)27(15-19-10-9-11-20(24)14-19)22(29)16-28(33(31,32)26(4)5)21-12-7-6-8-13-21/h6-14,17-18H,15-16H2,1-5H3,(H,25,30)/t18-/m0/s1. The molecule has 180 valence electrons. The lowest BCUT2D eigenvalue weighted by atomic mass is 10.1.